The Morgan fingerprint density at radius 1 is 1.39 bits per heavy atom. The Balaban J connectivity index is 2.75. The van der Waals surface area contributed by atoms with Crippen LogP contribution in [0.1, 0.15) is 43.0 Å². The monoisotopic (exact) mass is 417 g/mol. The minimum atomic E-state index is -5.21. The van der Waals surface area contributed by atoms with Crippen LogP contribution in [0.15, 0.2) is 6.20 Å². The number of nitrogens with zero attached hydrogens (tertiary/aromatic N) is 1. The highest BCUT2D eigenvalue weighted by Crippen LogP contribution is 2.30. The molecule has 0 radical (unpaired) electrons. The molecular formula is C16H24N3O8P-2. The maximum absolute atomic E-state index is 11.4. The third-order valence-corrected chi connectivity index (χ3v) is 4.48. The second-order valence-corrected chi connectivity index (χ2v) is 7.41. The van der Waals surface area contributed by atoms with Gasteiger partial charge in [0, 0.05) is 31.6 Å². The molecule has 1 atom stereocenters. The number of carboxylic acids is 1. The number of pyridine rings is 1. The molecule has 0 aliphatic rings. The van der Waals surface area contributed by atoms with E-state index in [-0.39, 0.29) is 41.4 Å². The first-order valence-corrected chi connectivity index (χ1v) is 10.1. The number of quaternary nitrogens is 1. The first-order chi connectivity index (χ1) is 13.0. The van der Waals surface area contributed by atoms with Gasteiger partial charge in [0.05, 0.1) is 31.7 Å². The summed E-state index contributed by atoms with van der Waals surface area (Å²) in [6.45, 7) is 2.72. The van der Waals surface area contributed by atoms with E-state index in [2.05, 4.69) is 14.8 Å². The van der Waals surface area contributed by atoms with Crippen molar-refractivity contribution >= 4 is 19.7 Å². The van der Waals surface area contributed by atoms with Crippen molar-refractivity contribution in [1.82, 2.24) is 10.3 Å². The van der Waals surface area contributed by atoms with E-state index in [0.29, 0.717) is 19.4 Å². The molecule has 0 aliphatic heterocycles. The molecule has 0 fully saturated rings. The minimum absolute atomic E-state index is 0.0136. The number of phosphoric ester groups is 1. The highest BCUT2D eigenvalue weighted by atomic mass is 31.2. The fourth-order valence-corrected chi connectivity index (χ4v) is 2.83. The molecule has 0 bridgehead atoms. The van der Waals surface area contributed by atoms with Gasteiger partial charge in [0.2, 0.25) is 5.91 Å². The molecule has 12 heteroatoms. The van der Waals surface area contributed by atoms with Crippen LogP contribution in [0.25, 0.3) is 0 Å². The zero-order chi connectivity index (χ0) is 21.3. The Morgan fingerprint density at radius 3 is 2.64 bits per heavy atom. The van der Waals surface area contributed by atoms with Crippen LogP contribution >= 0.6 is 7.82 Å². The van der Waals surface area contributed by atoms with Gasteiger partial charge in [-0.2, -0.15) is 0 Å². The van der Waals surface area contributed by atoms with Gasteiger partial charge < -0.3 is 44.5 Å². The Morgan fingerprint density at radius 2 is 2.07 bits per heavy atom. The molecule has 1 aromatic rings. The average Bonchev–Trinajstić information content (AvgIpc) is 2.58. The third kappa shape index (κ3) is 8.77. The summed E-state index contributed by atoms with van der Waals surface area (Å²) in [6.07, 6.45) is 2.66. The quantitative estimate of drug-likeness (QED) is 0.234. The van der Waals surface area contributed by atoms with Crippen LogP contribution in [-0.2, 0) is 31.8 Å². The largest absolute Gasteiger partial charge is 0.790 e. The first-order valence-electron chi connectivity index (χ1n) is 8.62. The topological polar surface area (TPSA) is 191 Å². The molecule has 28 heavy (non-hydrogen) atoms. The first kappa shape index (κ1) is 24.0. The average molecular weight is 417 g/mol. The number of rotatable bonds is 12. The predicted octanol–water partition coefficient (Wildman–Crippen LogP) is -3.07. The SMILES string of the molecule is CC(=O)NCCCC[C@H]([NH2+]Cc1c(COP(=O)([O-])[O-])cnc(C)c1O)C(=O)[O-]. The summed E-state index contributed by atoms with van der Waals surface area (Å²) in [5.74, 6) is -1.68. The predicted molar refractivity (Wildman–Crippen MR) is 90.0 cm³/mol. The van der Waals surface area contributed by atoms with E-state index in [1.807, 2.05) is 0 Å². The highest BCUT2D eigenvalue weighted by Gasteiger charge is 2.18. The van der Waals surface area contributed by atoms with Crippen LogP contribution in [-0.4, -0.2) is 34.6 Å². The second-order valence-electron chi connectivity index (χ2n) is 6.26. The summed E-state index contributed by atoms with van der Waals surface area (Å²) >= 11 is 0. The molecule has 0 aromatic carbocycles. The molecule has 1 aromatic heterocycles. The molecule has 1 rings (SSSR count). The fraction of sp³-hybridized carbons (Fsp3) is 0.562. The van der Waals surface area contributed by atoms with E-state index >= 15 is 0 Å². The van der Waals surface area contributed by atoms with E-state index < -0.39 is 26.4 Å². The van der Waals surface area contributed by atoms with Crippen LogP contribution in [0.2, 0.25) is 0 Å². The number of phosphoric acid groups is 1. The summed E-state index contributed by atoms with van der Waals surface area (Å²) in [7, 11) is -5.21. The smallest absolute Gasteiger partial charge is 0.216 e. The van der Waals surface area contributed by atoms with Gasteiger partial charge in [-0.05, 0) is 19.8 Å². The normalized spacial score (nSPS) is 12.6. The molecule has 0 unspecified atom stereocenters. The number of carbonyl (C=O) groups excluding carboxylic acids is 2. The van der Waals surface area contributed by atoms with Gasteiger partial charge in [-0.3, -0.25) is 9.78 Å². The summed E-state index contributed by atoms with van der Waals surface area (Å²) in [5, 5.41) is 25.6. The number of unbranched alkanes of at least 4 members (excludes halogenated alkanes) is 1. The number of aromatic nitrogens is 1. The van der Waals surface area contributed by atoms with Gasteiger partial charge in [0.1, 0.15) is 18.3 Å². The number of hydrogen-bond acceptors (Lipinski definition) is 9. The molecule has 11 nitrogen and oxygen atoms in total. The molecule has 1 amide bonds. The van der Waals surface area contributed by atoms with Crippen LogP contribution in [0.4, 0.5) is 0 Å². The summed E-state index contributed by atoms with van der Waals surface area (Å²) < 4.78 is 14.9. The van der Waals surface area contributed by atoms with Crippen molar-refractivity contribution in [3.8, 4) is 5.75 Å². The lowest BCUT2D eigenvalue weighted by atomic mass is 10.1. The molecule has 158 valence electrons. The Labute approximate surface area is 162 Å². The minimum Gasteiger partial charge on any atom is -0.790 e. The van der Waals surface area contributed by atoms with Gasteiger partial charge in [0.15, 0.2) is 0 Å². The zero-order valence-electron chi connectivity index (χ0n) is 15.7. The number of aliphatic carboxylic acids is 1. The van der Waals surface area contributed by atoms with Crippen molar-refractivity contribution in [3.05, 3.63) is 23.0 Å². The number of nitrogens with one attached hydrogen (secondary N) is 1. The number of carboxylic acid groups (broad SMARTS) is 1. The highest BCUT2D eigenvalue weighted by molar-refractivity contribution is 7.43. The molecular weight excluding hydrogens is 393 g/mol. The van der Waals surface area contributed by atoms with Crippen LogP contribution in [0, 0.1) is 6.92 Å². The van der Waals surface area contributed by atoms with Crippen molar-refractivity contribution in [3.63, 3.8) is 0 Å². The fourth-order valence-electron chi connectivity index (χ4n) is 2.53. The summed E-state index contributed by atoms with van der Waals surface area (Å²) in [6, 6.07) is -0.913. The number of aromatic hydroxyl groups is 1. The number of carbonyl (C=O) groups is 2. The van der Waals surface area contributed by atoms with E-state index in [0.717, 1.165) is 0 Å². The molecule has 0 aliphatic carbocycles. The lowest BCUT2D eigenvalue weighted by Gasteiger charge is -2.29. The second kappa shape index (κ2) is 11.1. The van der Waals surface area contributed by atoms with Crippen molar-refractivity contribution in [1.29, 1.82) is 0 Å². The number of hydrogen-bond donors (Lipinski definition) is 3. The maximum Gasteiger partial charge on any atom is 0.216 e. The van der Waals surface area contributed by atoms with E-state index in [9.17, 15) is 34.2 Å². The lowest BCUT2D eigenvalue weighted by Crippen LogP contribution is -2.91. The van der Waals surface area contributed by atoms with Gasteiger partial charge in [-0.1, -0.05) is 0 Å². The van der Waals surface area contributed by atoms with E-state index in [1.54, 1.807) is 0 Å². The van der Waals surface area contributed by atoms with Gasteiger partial charge in [0.25, 0.3) is 0 Å². The molecule has 1 heterocycles. The summed E-state index contributed by atoms with van der Waals surface area (Å²) in [5.41, 5.74) is 0.652. The van der Waals surface area contributed by atoms with Crippen molar-refractivity contribution < 1.29 is 44.0 Å². The maximum atomic E-state index is 11.4. The zero-order valence-corrected chi connectivity index (χ0v) is 16.6. The number of aryl methyl sites for hydroxylation is 1. The molecule has 0 saturated carbocycles. The Bertz CT molecular complexity index is 737. The van der Waals surface area contributed by atoms with Gasteiger partial charge in [-0.15, -0.1) is 0 Å². The molecule has 4 N–H and O–H groups in total. The standard InChI is InChI=1S/C16H26N3O8P/c1-10-15(21)13(12(7-18-10)9-27-28(24,25)26)8-19-14(16(22)23)5-3-4-6-17-11(2)20/h7,14,19,21H,3-6,8-9H2,1-2H3,(H,17,20)(H,22,23)(H2,24,25,26)/p-2/t14-/m0/s1. The Kier molecular flexibility index (Phi) is 9.50. The van der Waals surface area contributed by atoms with E-state index in [1.165, 1.54) is 25.4 Å². The van der Waals surface area contributed by atoms with E-state index in [4.69, 9.17) is 0 Å². The summed E-state index contributed by atoms with van der Waals surface area (Å²) in [4.78, 5) is 47.4. The van der Waals surface area contributed by atoms with Crippen molar-refractivity contribution in [2.75, 3.05) is 6.54 Å². The van der Waals surface area contributed by atoms with Crippen LogP contribution < -0.4 is 25.5 Å². The van der Waals surface area contributed by atoms with Crippen molar-refractivity contribution in [2.24, 2.45) is 0 Å². The van der Waals surface area contributed by atoms with Crippen LogP contribution in [0.5, 0.6) is 5.75 Å². The third-order valence-electron chi connectivity index (χ3n) is 4.03. The van der Waals surface area contributed by atoms with Gasteiger partial charge >= 0.3 is 0 Å². The Hall–Kier alpha value is -2.04. The van der Waals surface area contributed by atoms with Crippen LogP contribution in [0.3, 0.4) is 0 Å². The molecule has 0 saturated heterocycles. The van der Waals surface area contributed by atoms with Crippen molar-refractivity contribution in [2.45, 2.75) is 52.3 Å². The number of nitrogens with two attached hydrogens (primary N) is 1. The van der Waals surface area contributed by atoms with Gasteiger partial charge in [-0.25, -0.2) is 0 Å². The molecule has 0 spiro atoms. The lowest BCUT2D eigenvalue weighted by molar-refractivity contribution is -0.699. The number of amides is 1.